The van der Waals surface area contributed by atoms with Crippen LogP contribution < -0.4 is 4.74 Å². The number of alkyl halides is 3. The molecule has 1 amide bonds. The lowest BCUT2D eigenvalue weighted by molar-refractivity contribution is -0.274. The van der Waals surface area contributed by atoms with E-state index in [0.29, 0.717) is 37.9 Å². The van der Waals surface area contributed by atoms with Gasteiger partial charge in [-0.25, -0.2) is 4.98 Å². The van der Waals surface area contributed by atoms with Crippen molar-refractivity contribution in [3.8, 4) is 5.75 Å². The molecule has 1 aliphatic carbocycles. The first-order valence-corrected chi connectivity index (χ1v) is 10.9. The number of nitrogens with zero attached hydrogens (tertiary/aromatic N) is 2. The van der Waals surface area contributed by atoms with Crippen LogP contribution in [-0.2, 0) is 17.6 Å². The van der Waals surface area contributed by atoms with Gasteiger partial charge in [-0.1, -0.05) is 0 Å². The van der Waals surface area contributed by atoms with E-state index in [2.05, 4.69) is 14.7 Å². The van der Waals surface area contributed by atoms with Gasteiger partial charge >= 0.3 is 6.36 Å². The number of benzene rings is 1. The summed E-state index contributed by atoms with van der Waals surface area (Å²) in [6, 6.07) is 7.02. The van der Waals surface area contributed by atoms with Crippen molar-refractivity contribution >= 4 is 22.7 Å². The molecule has 3 aromatic rings. The molecule has 1 N–H and O–H groups in total. The molecule has 1 aromatic carbocycles. The second-order valence-electron chi connectivity index (χ2n) is 8.56. The average molecular weight is 457 g/mol. The topological polar surface area (TPSA) is 75.3 Å². The van der Waals surface area contributed by atoms with Crippen molar-refractivity contribution in [2.75, 3.05) is 13.1 Å². The maximum Gasteiger partial charge on any atom is 0.573 e. The molecule has 0 spiro atoms. The van der Waals surface area contributed by atoms with Crippen molar-refractivity contribution < 1.29 is 27.5 Å². The van der Waals surface area contributed by atoms with Crippen molar-refractivity contribution in [1.29, 1.82) is 0 Å². The van der Waals surface area contributed by atoms with Crippen LogP contribution in [0.25, 0.3) is 11.0 Å². The van der Waals surface area contributed by atoms with Gasteiger partial charge in [0.15, 0.2) is 0 Å². The summed E-state index contributed by atoms with van der Waals surface area (Å²) in [6.45, 7) is 1.08. The van der Waals surface area contributed by atoms with Gasteiger partial charge in [0, 0.05) is 48.8 Å². The van der Waals surface area contributed by atoms with Gasteiger partial charge in [0.25, 0.3) is 5.91 Å². The average Bonchev–Trinajstić information content (AvgIpc) is 3.16. The first-order chi connectivity index (χ1) is 15.8. The SMILES string of the molecule is O=C1CCc2[nH]c3nccc(C4CCN(C(=O)c5ccc(OC(F)(F)F)cc5)CC4)c3c2C1. The maximum atomic E-state index is 12.8. The fourth-order valence-corrected chi connectivity index (χ4v) is 4.93. The molecule has 0 atom stereocenters. The highest BCUT2D eigenvalue weighted by Crippen LogP contribution is 2.37. The lowest BCUT2D eigenvalue weighted by Crippen LogP contribution is -2.38. The van der Waals surface area contributed by atoms with E-state index in [-0.39, 0.29) is 23.4 Å². The quantitative estimate of drug-likeness (QED) is 0.627. The smallest absolute Gasteiger partial charge is 0.406 e. The van der Waals surface area contributed by atoms with E-state index in [1.807, 2.05) is 6.07 Å². The number of aromatic amines is 1. The summed E-state index contributed by atoms with van der Waals surface area (Å²) in [7, 11) is 0. The number of hydrogen-bond donors (Lipinski definition) is 1. The van der Waals surface area contributed by atoms with Crippen molar-refractivity contribution in [3.63, 3.8) is 0 Å². The number of halogens is 3. The first-order valence-electron chi connectivity index (χ1n) is 10.9. The maximum absolute atomic E-state index is 12.8. The summed E-state index contributed by atoms with van der Waals surface area (Å²) >= 11 is 0. The number of H-pyrrole nitrogens is 1. The lowest BCUT2D eigenvalue weighted by Gasteiger charge is -2.32. The number of carbonyl (C=O) groups is 2. The van der Waals surface area contributed by atoms with Crippen LogP contribution in [0, 0.1) is 0 Å². The van der Waals surface area contributed by atoms with E-state index in [1.165, 1.54) is 12.1 Å². The van der Waals surface area contributed by atoms with E-state index in [9.17, 15) is 22.8 Å². The number of rotatable bonds is 3. The summed E-state index contributed by atoms with van der Waals surface area (Å²) in [5.74, 6) is -0.0893. The van der Waals surface area contributed by atoms with Crippen molar-refractivity contribution in [2.45, 2.75) is 44.4 Å². The van der Waals surface area contributed by atoms with Crippen LogP contribution in [0.2, 0.25) is 0 Å². The molecule has 0 unspecified atom stereocenters. The van der Waals surface area contributed by atoms with Crippen LogP contribution in [0.1, 0.15) is 52.4 Å². The Labute approximate surface area is 187 Å². The number of ketones is 1. The van der Waals surface area contributed by atoms with E-state index >= 15 is 0 Å². The number of hydrogen-bond acceptors (Lipinski definition) is 4. The number of carbonyl (C=O) groups excluding carboxylic acids is 2. The monoisotopic (exact) mass is 457 g/mol. The minimum absolute atomic E-state index is 0.212. The zero-order valence-corrected chi connectivity index (χ0v) is 17.7. The molecular formula is C24H22F3N3O3. The fraction of sp³-hybridized carbons (Fsp3) is 0.375. The predicted molar refractivity (Wildman–Crippen MR) is 114 cm³/mol. The minimum Gasteiger partial charge on any atom is -0.406 e. The van der Waals surface area contributed by atoms with E-state index in [4.69, 9.17) is 0 Å². The molecule has 33 heavy (non-hydrogen) atoms. The highest BCUT2D eigenvalue weighted by atomic mass is 19.4. The van der Waals surface area contributed by atoms with Crippen molar-refractivity contribution in [1.82, 2.24) is 14.9 Å². The molecule has 9 heteroatoms. The van der Waals surface area contributed by atoms with Crippen LogP contribution in [-0.4, -0.2) is 46.0 Å². The van der Waals surface area contributed by atoms with Gasteiger partial charge < -0.3 is 14.6 Å². The molecular weight excluding hydrogens is 435 g/mol. The molecule has 1 saturated heterocycles. The van der Waals surface area contributed by atoms with E-state index in [1.54, 1.807) is 11.1 Å². The number of Topliss-reactive ketones (excluding diaryl/α,β-unsaturated/α-hetero) is 1. The van der Waals surface area contributed by atoms with Crippen molar-refractivity contribution in [3.05, 3.63) is 58.9 Å². The van der Waals surface area contributed by atoms with Gasteiger partial charge in [0.05, 0.1) is 0 Å². The Balaban J connectivity index is 1.30. The standard InChI is InChI=1S/C24H22F3N3O3/c25-24(26,27)33-17-4-1-15(2-5-17)23(32)30-11-8-14(9-12-30)18-7-10-28-22-21(18)19-13-16(31)3-6-20(19)29-22/h1-2,4-5,7,10,14H,3,6,8-9,11-13H2,(H,28,29). The Bertz CT molecular complexity index is 1210. The molecule has 172 valence electrons. The number of ether oxygens (including phenoxy) is 1. The molecule has 0 radical (unpaired) electrons. The Morgan fingerprint density at radius 2 is 1.82 bits per heavy atom. The number of amides is 1. The number of fused-ring (bicyclic) bond motifs is 3. The van der Waals surface area contributed by atoms with Gasteiger partial charge in [-0.15, -0.1) is 13.2 Å². The van der Waals surface area contributed by atoms with E-state index < -0.39 is 6.36 Å². The number of likely N-dealkylation sites (tertiary alicyclic amines) is 1. The Morgan fingerprint density at radius 1 is 1.09 bits per heavy atom. The third-order valence-electron chi connectivity index (χ3n) is 6.50. The normalized spacial score (nSPS) is 17.3. The van der Waals surface area contributed by atoms with Crippen LogP contribution in [0.15, 0.2) is 36.5 Å². The van der Waals surface area contributed by atoms with Gasteiger partial charge in [-0.3, -0.25) is 9.59 Å². The summed E-state index contributed by atoms with van der Waals surface area (Å²) < 4.78 is 40.9. The molecule has 3 heterocycles. The predicted octanol–water partition coefficient (Wildman–Crippen LogP) is 4.54. The fourth-order valence-electron chi connectivity index (χ4n) is 4.93. The summed E-state index contributed by atoms with van der Waals surface area (Å²) in [4.78, 5) is 34.5. The molecule has 1 fully saturated rings. The Morgan fingerprint density at radius 3 is 2.52 bits per heavy atom. The number of piperidine rings is 1. The lowest BCUT2D eigenvalue weighted by atomic mass is 9.85. The number of nitrogens with one attached hydrogen (secondary N) is 1. The molecule has 0 saturated carbocycles. The zero-order valence-electron chi connectivity index (χ0n) is 17.7. The first kappa shape index (κ1) is 21.5. The molecule has 6 nitrogen and oxygen atoms in total. The Hall–Kier alpha value is -3.36. The second-order valence-corrected chi connectivity index (χ2v) is 8.56. The van der Waals surface area contributed by atoms with Crippen LogP contribution in [0.4, 0.5) is 13.2 Å². The third-order valence-corrected chi connectivity index (χ3v) is 6.50. The summed E-state index contributed by atoms with van der Waals surface area (Å²) in [5, 5.41) is 1.05. The third kappa shape index (κ3) is 4.31. The largest absolute Gasteiger partial charge is 0.573 e. The number of aryl methyl sites for hydroxylation is 1. The number of aromatic nitrogens is 2. The summed E-state index contributed by atoms with van der Waals surface area (Å²) in [5.41, 5.74) is 4.45. The Kier molecular flexibility index (Phi) is 5.34. The van der Waals surface area contributed by atoms with E-state index in [0.717, 1.165) is 52.8 Å². The van der Waals surface area contributed by atoms with Gasteiger partial charge in [-0.2, -0.15) is 0 Å². The highest BCUT2D eigenvalue weighted by Gasteiger charge is 2.32. The molecule has 0 bridgehead atoms. The molecule has 2 aliphatic rings. The number of pyridine rings is 1. The minimum atomic E-state index is -4.77. The van der Waals surface area contributed by atoms with Crippen LogP contribution in [0.5, 0.6) is 5.75 Å². The highest BCUT2D eigenvalue weighted by molar-refractivity contribution is 5.95. The van der Waals surface area contributed by atoms with Gasteiger partial charge in [0.1, 0.15) is 17.2 Å². The van der Waals surface area contributed by atoms with Crippen LogP contribution in [0.3, 0.4) is 0 Å². The van der Waals surface area contributed by atoms with Crippen molar-refractivity contribution in [2.24, 2.45) is 0 Å². The molecule has 2 aromatic heterocycles. The molecule has 5 rings (SSSR count). The molecule has 1 aliphatic heterocycles. The second kappa shape index (κ2) is 8.20. The van der Waals surface area contributed by atoms with Gasteiger partial charge in [0.2, 0.25) is 0 Å². The summed E-state index contributed by atoms with van der Waals surface area (Å²) in [6.07, 6.45) is 0.228. The van der Waals surface area contributed by atoms with Crippen LogP contribution >= 0.6 is 0 Å². The zero-order chi connectivity index (χ0) is 23.2. The van der Waals surface area contributed by atoms with Gasteiger partial charge in [-0.05, 0) is 66.6 Å².